The Morgan fingerprint density at radius 3 is 1.38 bits per heavy atom. The van der Waals surface area contributed by atoms with Gasteiger partial charge in [0.25, 0.3) is 5.79 Å². The second kappa shape index (κ2) is 8.49. The molecule has 7 aromatic rings. The monoisotopic (exact) mass is 483 g/mol. The molecule has 0 radical (unpaired) electrons. The molecule has 0 aliphatic rings. The highest BCUT2D eigenvalue weighted by Crippen LogP contribution is 2.33. The van der Waals surface area contributed by atoms with Crippen LogP contribution >= 0.6 is 0 Å². The fraction of sp³-hybridized carbons (Fsp3) is 0.0714. The molecule has 0 amide bonds. The highest BCUT2D eigenvalue weighted by molar-refractivity contribution is 5.78. The van der Waals surface area contributed by atoms with Crippen LogP contribution < -0.4 is 0 Å². The number of fused-ring (bicyclic) bond motifs is 3. The third-order valence-corrected chi connectivity index (χ3v) is 6.57. The molecule has 9 heteroatoms. The van der Waals surface area contributed by atoms with Gasteiger partial charge < -0.3 is 0 Å². The molecule has 7 rings (SSSR count). The number of benzene rings is 4. The van der Waals surface area contributed by atoms with Crippen molar-refractivity contribution < 1.29 is 0 Å². The maximum atomic E-state index is 4.67. The fourth-order valence-corrected chi connectivity index (χ4v) is 4.85. The van der Waals surface area contributed by atoms with Gasteiger partial charge >= 0.3 is 0 Å². The minimum absolute atomic E-state index is 0.440. The Morgan fingerprint density at radius 1 is 0.514 bits per heavy atom. The summed E-state index contributed by atoms with van der Waals surface area (Å²) in [6.45, 7) is 0. The van der Waals surface area contributed by atoms with Crippen molar-refractivity contribution in [2.45, 2.75) is 12.2 Å². The van der Waals surface area contributed by atoms with Gasteiger partial charge in [0.15, 0.2) is 0 Å². The molecule has 178 valence electrons. The van der Waals surface area contributed by atoms with Gasteiger partial charge in [0, 0.05) is 6.42 Å². The summed E-state index contributed by atoms with van der Waals surface area (Å²) in [6.07, 6.45) is 4.64. The summed E-state index contributed by atoms with van der Waals surface area (Å²) in [7, 11) is 0. The van der Waals surface area contributed by atoms with Crippen LogP contribution in [0.4, 0.5) is 0 Å². The zero-order valence-electron chi connectivity index (χ0n) is 19.7. The van der Waals surface area contributed by atoms with E-state index in [1.165, 1.54) is 0 Å². The van der Waals surface area contributed by atoms with Gasteiger partial charge in [0.1, 0.15) is 16.6 Å². The summed E-state index contributed by atoms with van der Waals surface area (Å²) >= 11 is 0. The number of para-hydroxylation sites is 3. The average Bonchev–Trinajstić information content (AvgIpc) is 3.70. The van der Waals surface area contributed by atoms with E-state index >= 15 is 0 Å². The van der Waals surface area contributed by atoms with Crippen molar-refractivity contribution in [2.24, 2.45) is 0 Å². The Bertz CT molecular complexity index is 1700. The molecule has 0 aliphatic carbocycles. The van der Waals surface area contributed by atoms with E-state index in [1.807, 2.05) is 105 Å². The lowest BCUT2D eigenvalue weighted by Gasteiger charge is -2.34. The summed E-state index contributed by atoms with van der Waals surface area (Å²) < 4.78 is 5.62. The molecule has 0 saturated carbocycles. The lowest BCUT2D eigenvalue weighted by atomic mass is 10.1. The lowest BCUT2D eigenvalue weighted by Crippen LogP contribution is -2.49. The van der Waals surface area contributed by atoms with Gasteiger partial charge in [-0.3, -0.25) is 0 Å². The van der Waals surface area contributed by atoms with E-state index in [0.29, 0.717) is 6.42 Å². The Labute approximate surface area is 211 Å². The van der Waals surface area contributed by atoms with Crippen LogP contribution in [0.15, 0.2) is 109 Å². The van der Waals surface area contributed by atoms with Gasteiger partial charge in [0.2, 0.25) is 0 Å². The second-order valence-corrected chi connectivity index (χ2v) is 8.76. The number of hydrogen-bond acceptors (Lipinski definition) is 6. The standard InChI is InChI=1S/C28H21N9/c1-2-11-21(12-3-1)13-10-20-28(35-25-17-7-4-14-22(25)29-32-35,36-26-18-8-5-15-23(26)30-33-36)37-27-19-9-6-16-24(27)31-34-37/h1-19H,20H2/b13-10+. The molecule has 4 aromatic carbocycles. The smallest absolute Gasteiger partial charge is 0.196 e. The van der Waals surface area contributed by atoms with E-state index in [1.54, 1.807) is 0 Å². The summed E-state index contributed by atoms with van der Waals surface area (Å²) in [5.74, 6) is -1.12. The molecule has 3 heterocycles. The van der Waals surface area contributed by atoms with Crippen molar-refractivity contribution in [1.82, 2.24) is 45.0 Å². The predicted molar refractivity (Wildman–Crippen MR) is 141 cm³/mol. The number of hydrogen-bond donors (Lipinski definition) is 0. The van der Waals surface area contributed by atoms with E-state index in [0.717, 1.165) is 38.7 Å². The van der Waals surface area contributed by atoms with Crippen molar-refractivity contribution in [3.63, 3.8) is 0 Å². The van der Waals surface area contributed by atoms with Crippen molar-refractivity contribution in [1.29, 1.82) is 0 Å². The first-order valence-corrected chi connectivity index (χ1v) is 12.0. The minimum atomic E-state index is -1.12. The Kier molecular flexibility index (Phi) is 4.85. The molecule has 0 fully saturated rings. The molecule has 3 aromatic heterocycles. The third-order valence-electron chi connectivity index (χ3n) is 6.57. The van der Waals surface area contributed by atoms with Gasteiger partial charge in [-0.1, -0.05) is 94.5 Å². The summed E-state index contributed by atoms with van der Waals surface area (Å²) in [5.41, 5.74) is 5.93. The highest BCUT2D eigenvalue weighted by atomic mass is 15.7. The van der Waals surface area contributed by atoms with Crippen LogP contribution in [0.1, 0.15) is 12.0 Å². The van der Waals surface area contributed by atoms with Crippen LogP contribution in [-0.4, -0.2) is 45.0 Å². The topological polar surface area (TPSA) is 92.1 Å². The van der Waals surface area contributed by atoms with Crippen LogP contribution in [0.3, 0.4) is 0 Å². The Morgan fingerprint density at radius 2 is 0.919 bits per heavy atom. The zero-order valence-corrected chi connectivity index (χ0v) is 19.7. The molecule has 0 spiro atoms. The fourth-order valence-electron chi connectivity index (χ4n) is 4.85. The second-order valence-electron chi connectivity index (χ2n) is 8.76. The Balaban J connectivity index is 1.57. The number of aromatic nitrogens is 9. The first kappa shape index (κ1) is 21.1. The number of nitrogens with zero attached hydrogens (tertiary/aromatic N) is 9. The van der Waals surface area contributed by atoms with Crippen molar-refractivity contribution in [3.05, 3.63) is 115 Å². The number of rotatable bonds is 6. The molecule has 0 saturated heterocycles. The van der Waals surface area contributed by atoms with E-state index < -0.39 is 5.79 Å². The summed E-state index contributed by atoms with van der Waals surface area (Å²) in [6, 6.07) is 33.8. The molecule has 0 atom stereocenters. The third kappa shape index (κ3) is 3.32. The van der Waals surface area contributed by atoms with Gasteiger partial charge in [-0.2, -0.15) is 14.0 Å². The van der Waals surface area contributed by atoms with E-state index in [4.69, 9.17) is 0 Å². The summed E-state index contributed by atoms with van der Waals surface area (Å²) in [4.78, 5) is 0. The SMILES string of the molecule is C(=C\c1ccccc1)/CC(n1nnc2ccccc21)(n1nnc2ccccc21)n1nnc2ccccc21. The molecular formula is C28H21N9. The van der Waals surface area contributed by atoms with Crippen LogP contribution in [-0.2, 0) is 5.79 Å². The quantitative estimate of drug-likeness (QED) is 0.340. The lowest BCUT2D eigenvalue weighted by molar-refractivity contribution is 0.129. The van der Waals surface area contributed by atoms with E-state index in [9.17, 15) is 0 Å². The predicted octanol–water partition coefficient (Wildman–Crippen LogP) is 4.73. The van der Waals surface area contributed by atoms with Gasteiger partial charge in [-0.05, 0) is 42.0 Å². The van der Waals surface area contributed by atoms with E-state index in [-0.39, 0.29) is 0 Å². The normalized spacial score (nSPS) is 12.3. The molecule has 0 bridgehead atoms. The van der Waals surface area contributed by atoms with Gasteiger partial charge in [0.05, 0.1) is 16.6 Å². The highest BCUT2D eigenvalue weighted by Gasteiger charge is 2.43. The van der Waals surface area contributed by atoms with Crippen molar-refractivity contribution in [2.75, 3.05) is 0 Å². The van der Waals surface area contributed by atoms with Crippen molar-refractivity contribution in [3.8, 4) is 0 Å². The van der Waals surface area contributed by atoms with Crippen LogP contribution in [0.5, 0.6) is 0 Å². The molecule has 0 unspecified atom stereocenters. The first-order chi connectivity index (χ1) is 18.3. The maximum absolute atomic E-state index is 4.67. The van der Waals surface area contributed by atoms with Crippen LogP contribution in [0, 0.1) is 0 Å². The van der Waals surface area contributed by atoms with Crippen LogP contribution in [0.25, 0.3) is 39.2 Å². The maximum Gasteiger partial charge on any atom is 0.258 e. The average molecular weight is 484 g/mol. The van der Waals surface area contributed by atoms with Gasteiger partial charge in [-0.15, -0.1) is 15.3 Å². The van der Waals surface area contributed by atoms with E-state index in [2.05, 4.69) is 55.2 Å². The number of allylic oxidation sites excluding steroid dienone is 1. The molecule has 9 nitrogen and oxygen atoms in total. The van der Waals surface area contributed by atoms with Crippen molar-refractivity contribution >= 4 is 39.2 Å². The molecule has 0 N–H and O–H groups in total. The molecule has 37 heavy (non-hydrogen) atoms. The molecular weight excluding hydrogens is 462 g/mol. The zero-order chi connectivity index (χ0) is 24.7. The summed E-state index contributed by atoms with van der Waals surface area (Å²) in [5, 5.41) is 27.5. The first-order valence-electron chi connectivity index (χ1n) is 12.0. The minimum Gasteiger partial charge on any atom is -0.196 e. The van der Waals surface area contributed by atoms with Gasteiger partial charge in [-0.25, -0.2) is 0 Å². The molecule has 0 aliphatic heterocycles. The van der Waals surface area contributed by atoms with Crippen LogP contribution in [0.2, 0.25) is 0 Å². The Hall–Kier alpha value is -5.18. The largest absolute Gasteiger partial charge is 0.258 e.